The second kappa shape index (κ2) is 8.36. The number of rotatable bonds is 5. The lowest BCUT2D eigenvalue weighted by Crippen LogP contribution is -2.57. The van der Waals surface area contributed by atoms with Crippen LogP contribution in [-0.2, 0) is 11.3 Å². The molecule has 2 N–H and O–H groups in total. The molecular weight excluding hydrogens is 414 g/mol. The molecule has 0 aliphatic heterocycles. The van der Waals surface area contributed by atoms with E-state index >= 15 is 0 Å². The summed E-state index contributed by atoms with van der Waals surface area (Å²) in [5.41, 5.74) is -0.806. The monoisotopic (exact) mass is 455 g/mol. The summed E-state index contributed by atoms with van der Waals surface area (Å²) in [7, 11) is 1.69. The van der Waals surface area contributed by atoms with Gasteiger partial charge in [-0.15, -0.1) is 0 Å². The zero-order chi connectivity index (χ0) is 23.4. The van der Waals surface area contributed by atoms with E-state index in [-0.39, 0.29) is 11.3 Å². The number of ether oxygens (including phenoxy) is 1. The molecule has 0 saturated heterocycles. The van der Waals surface area contributed by atoms with Crippen molar-refractivity contribution in [2.24, 2.45) is 40.9 Å². The van der Waals surface area contributed by atoms with Crippen LogP contribution < -0.4 is 0 Å². The molecule has 33 heavy (non-hydrogen) atoms. The first kappa shape index (κ1) is 23.3. The fourth-order valence-corrected chi connectivity index (χ4v) is 9.18. The molecule has 1 aromatic rings. The summed E-state index contributed by atoms with van der Waals surface area (Å²) in [6, 6.07) is 2.15. The Morgan fingerprint density at radius 1 is 1.15 bits per heavy atom. The first-order valence-electron chi connectivity index (χ1n) is 13.1. The normalized spacial score (nSPS) is 45.5. The van der Waals surface area contributed by atoms with E-state index in [1.807, 2.05) is 4.68 Å². The molecule has 3 unspecified atom stereocenters. The highest BCUT2D eigenvalue weighted by atomic mass is 16.5. The maximum Gasteiger partial charge on any atom is 0.102 e. The van der Waals surface area contributed by atoms with Crippen LogP contribution in [0.4, 0.5) is 0 Å². The van der Waals surface area contributed by atoms with Gasteiger partial charge in [-0.2, -0.15) is 10.4 Å². The molecule has 0 radical (unpaired) electrons. The minimum Gasteiger partial charge on any atom is -0.389 e. The van der Waals surface area contributed by atoms with Crippen LogP contribution in [0.15, 0.2) is 12.4 Å². The Balaban J connectivity index is 1.31. The third-order valence-electron chi connectivity index (χ3n) is 10.8. The van der Waals surface area contributed by atoms with E-state index in [1.54, 1.807) is 19.5 Å². The Kier molecular flexibility index (Phi) is 5.91. The predicted molar refractivity (Wildman–Crippen MR) is 125 cm³/mol. The zero-order valence-electron chi connectivity index (χ0n) is 20.5. The lowest BCUT2D eigenvalue weighted by atomic mass is 9.48. The molecule has 9 atom stereocenters. The molecular formula is C27H41N3O3. The van der Waals surface area contributed by atoms with Crippen LogP contribution in [0, 0.1) is 52.3 Å². The number of hydrogen-bond acceptors (Lipinski definition) is 5. The van der Waals surface area contributed by atoms with Gasteiger partial charge in [-0.25, -0.2) is 0 Å². The Hall–Kier alpha value is -1.42. The predicted octanol–water partition coefficient (Wildman–Crippen LogP) is 4.15. The highest BCUT2D eigenvalue weighted by Gasteiger charge is 2.64. The van der Waals surface area contributed by atoms with E-state index in [0.29, 0.717) is 36.5 Å². The van der Waals surface area contributed by atoms with Crippen molar-refractivity contribution in [2.45, 2.75) is 89.4 Å². The SMILES string of the molecule is COC[C@@]1(O)CCC2C(CCC3[C@@H]2CC[C@@]2(C)[C@H]3CC[C@]2(O)[C@H](C)Cn2cc(C#N)cn2)C1. The van der Waals surface area contributed by atoms with Crippen molar-refractivity contribution in [1.82, 2.24) is 9.78 Å². The zero-order valence-corrected chi connectivity index (χ0v) is 20.5. The summed E-state index contributed by atoms with van der Waals surface area (Å²) < 4.78 is 7.17. The van der Waals surface area contributed by atoms with E-state index in [1.165, 1.54) is 19.3 Å². The Morgan fingerprint density at radius 3 is 2.67 bits per heavy atom. The number of nitrogens with zero attached hydrogens (tertiary/aromatic N) is 3. The summed E-state index contributed by atoms with van der Waals surface area (Å²) in [4.78, 5) is 0. The van der Waals surface area contributed by atoms with Crippen LogP contribution in [0.2, 0.25) is 0 Å². The number of hydrogen-bond donors (Lipinski definition) is 2. The van der Waals surface area contributed by atoms with E-state index in [4.69, 9.17) is 10.00 Å². The van der Waals surface area contributed by atoms with Crippen molar-refractivity contribution in [3.63, 3.8) is 0 Å². The van der Waals surface area contributed by atoms with Gasteiger partial charge in [-0.05, 0) is 92.8 Å². The van der Waals surface area contributed by atoms with Crippen LogP contribution in [0.3, 0.4) is 0 Å². The van der Waals surface area contributed by atoms with Gasteiger partial charge >= 0.3 is 0 Å². The van der Waals surface area contributed by atoms with E-state index in [2.05, 4.69) is 25.0 Å². The first-order chi connectivity index (χ1) is 15.7. The van der Waals surface area contributed by atoms with Crippen LogP contribution in [-0.4, -0.2) is 44.9 Å². The number of fused-ring (bicyclic) bond motifs is 5. The summed E-state index contributed by atoms with van der Waals surface area (Å²) in [5.74, 6) is 3.47. The molecule has 4 aliphatic rings. The molecule has 6 heteroatoms. The minimum atomic E-state index is -0.691. The van der Waals surface area contributed by atoms with Crippen LogP contribution >= 0.6 is 0 Å². The topological polar surface area (TPSA) is 91.3 Å². The van der Waals surface area contributed by atoms with Gasteiger partial charge in [0.2, 0.25) is 0 Å². The van der Waals surface area contributed by atoms with Gasteiger partial charge in [-0.3, -0.25) is 4.68 Å². The average molecular weight is 456 g/mol. The standard InChI is InChI=1S/C27H41N3O3/c1-18(15-30-16-19(13-28)14-29-30)27(32)11-8-24-23-5-4-20-12-26(31,17-33-3)10-7-21(20)22(23)6-9-25(24,27)2/h14,16,18,20-24,31-32H,4-12,15,17H2,1-3H3/t18-,20?,21?,22-,23?,24+,25+,26-,27+/m1/s1. The van der Waals surface area contributed by atoms with Crippen LogP contribution in [0.1, 0.15) is 77.2 Å². The fraction of sp³-hybridized carbons (Fsp3) is 0.852. The van der Waals surface area contributed by atoms with Gasteiger partial charge in [0.25, 0.3) is 0 Å². The third kappa shape index (κ3) is 3.66. The largest absolute Gasteiger partial charge is 0.389 e. The fourth-order valence-electron chi connectivity index (χ4n) is 9.18. The Morgan fingerprint density at radius 2 is 1.94 bits per heavy atom. The second-order valence-electron chi connectivity index (χ2n) is 12.2. The van der Waals surface area contributed by atoms with Gasteiger partial charge in [0.15, 0.2) is 0 Å². The number of nitriles is 1. The highest BCUT2D eigenvalue weighted by Crippen LogP contribution is 2.67. The molecule has 4 saturated carbocycles. The molecule has 182 valence electrons. The summed E-state index contributed by atoms with van der Waals surface area (Å²) in [5, 5.41) is 36.6. The Bertz CT molecular complexity index is 911. The molecule has 4 fully saturated rings. The molecule has 0 bridgehead atoms. The minimum absolute atomic E-state index is 0.0584. The molecule has 5 rings (SSSR count). The van der Waals surface area contributed by atoms with Gasteiger partial charge in [0.1, 0.15) is 6.07 Å². The number of aliphatic hydroxyl groups is 2. The van der Waals surface area contributed by atoms with Crippen LogP contribution in [0.5, 0.6) is 0 Å². The molecule has 1 aromatic heterocycles. The molecule has 1 heterocycles. The lowest BCUT2D eigenvalue weighted by molar-refractivity contribution is -0.165. The lowest BCUT2D eigenvalue weighted by Gasteiger charge is -2.59. The molecule has 4 aliphatic carbocycles. The van der Waals surface area contributed by atoms with Gasteiger partial charge in [0.05, 0.1) is 29.6 Å². The van der Waals surface area contributed by atoms with E-state index in [0.717, 1.165) is 50.4 Å². The van der Waals surface area contributed by atoms with Gasteiger partial charge in [-0.1, -0.05) is 13.8 Å². The maximum absolute atomic E-state index is 12.1. The van der Waals surface area contributed by atoms with E-state index < -0.39 is 11.2 Å². The number of methoxy groups -OCH3 is 1. The summed E-state index contributed by atoms with van der Waals surface area (Å²) >= 11 is 0. The summed E-state index contributed by atoms with van der Waals surface area (Å²) in [6.45, 7) is 5.65. The second-order valence-corrected chi connectivity index (χ2v) is 12.2. The maximum atomic E-state index is 12.1. The van der Waals surface area contributed by atoms with E-state index in [9.17, 15) is 10.2 Å². The Labute approximate surface area is 198 Å². The van der Waals surface area contributed by atoms with Crippen molar-refractivity contribution >= 4 is 0 Å². The first-order valence-corrected chi connectivity index (χ1v) is 13.1. The molecule has 0 spiro atoms. The number of aromatic nitrogens is 2. The van der Waals surface area contributed by atoms with Crippen molar-refractivity contribution in [3.8, 4) is 6.07 Å². The van der Waals surface area contributed by atoms with Crippen molar-refractivity contribution < 1.29 is 14.9 Å². The highest BCUT2D eigenvalue weighted by molar-refractivity contribution is 5.22. The van der Waals surface area contributed by atoms with Crippen LogP contribution in [0.25, 0.3) is 0 Å². The summed E-state index contributed by atoms with van der Waals surface area (Å²) in [6.07, 6.45) is 13.0. The molecule has 6 nitrogen and oxygen atoms in total. The van der Waals surface area contributed by atoms with Crippen molar-refractivity contribution in [3.05, 3.63) is 18.0 Å². The quantitative estimate of drug-likeness (QED) is 0.696. The van der Waals surface area contributed by atoms with Crippen molar-refractivity contribution in [1.29, 1.82) is 5.26 Å². The van der Waals surface area contributed by atoms with Gasteiger partial charge in [0, 0.05) is 25.8 Å². The molecule has 0 aromatic carbocycles. The third-order valence-corrected chi connectivity index (χ3v) is 10.8. The average Bonchev–Trinajstić information content (AvgIpc) is 3.35. The van der Waals surface area contributed by atoms with Crippen molar-refractivity contribution in [2.75, 3.05) is 13.7 Å². The van der Waals surface area contributed by atoms with Gasteiger partial charge < -0.3 is 14.9 Å². The smallest absolute Gasteiger partial charge is 0.102 e. The molecule has 0 amide bonds.